The highest BCUT2D eigenvalue weighted by atomic mass is 16.5. The van der Waals surface area contributed by atoms with Crippen molar-refractivity contribution in [1.29, 1.82) is 0 Å². The van der Waals surface area contributed by atoms with Gasteiger partial charge in [0.1, 0.15) is 0 Å². The van der Waals surface area contributed by atoms with Gasteiger partial charge < -0.3 is 14.6 Å². The van der Waals surface area contributed by atoms with Crippen LogP contribution in [-0.4, -0.2) is 45.8 Å². The number of nitrogens with one attached hydrogen (secondary N) is 1. The van der Waals surface area contributed by atoms with Gasteiger partial charge in [-0.05, 0) is 70.9 Å². The Balaban J connectivity index is 1.39. The Bertz CT molecular complexity index is 822. The Hall–Kier alpha value is -1.59. The first-order valence-corrected chi connectivity index (χ1v) is 10.6. The largest absolute Gasteiger partial charge is 0.376 e. The molecule has 27 heavy (non-hydrogen) atoms. The number of H-pyrrole nitrogens is 1. The lowest BCUT2D eigenvalue weighted by Crippen LogP contribution is -2.45. The van der Waals surface area contributed by atoms with Crippen LogP contribution in [0, 0.1) is 6.92 Å². The fourth-order valence-electron chi connectivity index (χ4n) is 5.15. The summed E-state index contributed by atoms with van der Waals surface area (Å²) in [6, 6.07) is 7.12. The molecule has 5 heteroatoms. The van der Waals surface area contributed by atoms with Crippen LogP contribution >= 0.6 is 0 Å². The summed E-state index contributed by atoms with van der Waals surface area (Å²) in [4.78, 5) is 18.3. The molecule has 4 rings (SSSR count). The third kappa shape index (κ3) is 3.85. The van der Waals surface area contributed by atoms with E-state index in [4.69, 9.17) is 4.74 Å². The Kier molecular flexibility index (Phi) is 5.42. The quantitative estimate of drug-likeness (QED) is 0.883. The van der Waals surface area contributed by atoms with Gasteiger partial charge in [0.15, 0.2) is 0 Å². The standard InChI is InChI=1S/C22H33N3O2/c1-15(2)27-19-9-7-17(8-10-19)24-13-11-18(12-14-24)25-21-16(3)5-4-6-20(21)23-22(25)26/h4-6,15,17-19H,7-14H2,1-3H3,(H,23,26). The number of likely N-dealkylation sites (tertiary alicyclic amines) is 1. The van der Waals surface area contributed by atoms with Crippen molar-refractivity contribution in [3.63, 3.8) is 0 Å². The molecule has 0 radical (unpaired) electrons. The minimum Gasteiger partial charge on any atom is -0.376 e. The summed E-state index contributed by atoms with van der Waals surface area (Å²) in [7, 11) is 0. The number of ether oxygens (including phenoxy) is 1. The molecule has 1 aliphatic heterocycles. The number of imidazole rings is 1. The number of rotatable bonds is 4. The average molecular weight is 372 g/mol. The van der Waals surface area contributed by atoms with Crippen molar-refractivity contribution in [2.24, 2.45) is 0 Å². The molecule has 2 heterocycles. The van der Waals surface area contributed by atoms with Gasteiger partial charge in [-0.1, -0.05) is 12.1 Å². The van der Waals surface area contributed by atoms with Crippen molar-refractivity contribution in [2.45, 2.75) is 83.6 Å². The molecule has 2 aliphatic rings. The maximum Gasteiger partial charge on any atom is 0.326 e. The van der Waals surface area contributed by atoms with E-state index in [0.717, 1.165) is 37.0 Å². The molecule has 1 N–H and O–H groups in total. The molecule has 2 aromatic rings. The van der Waals surface area contributed by atoms with E-state index in [-0.39, 0.29) is 5.69 Å². The molecule has 5 nitrogen and oxygen atoms in total. The van der Waals surface area contributed by atoms with E-state index in [1.165, 1.54) is 31.2 Å². The van der Waals surface area contributed by atoms with E-state index in [2.05, 4.69) is 36.7 Å². The number of hydrogen-bond donors (Lipinski definition) is 1. The first kappa shape index (κ1) is 18.8. The average Bonchev–Trinajstić information content (AvgIpc) is 2.99. The predicted octanol–water partition coefficient (Wildman–Crippen LogP) is 4.01. The topological polar surface area (TPSA) is 50.3 Å². The highest BCUT2D eigenvalue weighted by molar-refractivity contribution is 5.78. The summed E-state index contributed by atoms with van der Waals surface area (Å²) in [5.41, 5.74) is 3.28. The van der Waals surface area contributed by atoms with Crippen molar-refractivity contribution in [3.8, 4) is 0 Å². The Morgan fingerprint density at radius 2 is 1.74 bits per heavy atom. The van der Waals surface area contributed by atoms with Crippen LogP contribution in [0.15, 0.2) is 23.0 Å². The van der Waals surface area contributed by atoms with Gasteiger partial charge in [0.25, 0.3) is 0 Å². The lowest BCUT2D eigenvalue weighted by Gasteiger charge is -2.41. The van der Waals surface area contributed by atoms with Crippen LogP contribution in [0.2, 0.25) is 0 Å². The summed E-state index contributed by atoms with van der Waals surface area (Å²) in [6.07, 6.45) is 7.76. The Morgan fingerprint density at radius 3 is 2.41 bits per heavy atom. The number of aromatic nitrogens is 2. The second-order valence-electron chi connectivity index (χ2n) is 8.65. The number of hydrogen-bond acceptors (Lipinski definition) is 3. The first-order valence-electron chi connectivity index (χ1n) is 10.6. The van der Waals surface area contributed by atoms with E-state index >= 15 is 0 Å². The summed E-state index contributed by atoms with van der Waals surface area (Å²) < 4.78 is 8.02. The van der Waals surface area contributed by atoms with E-state index in [9.17, 15) is 4.79 Å². The van der Waals surface area contributed by atoms with Gasteiger partial charge in [-0.25, -0.2) is 4.79 Å². The van der Waals surface area contributed by atoms with Crippen LogP contribution in [0.25, 0.3) is 11.0 Å². The maximum atomic E-state index is 12.6. The Morgan fingerprint density at radius 1 is 1.04 bits per heavy atom. The third-order valence-corrected chi connectivity index (χ3v) is 6.43. The number of para-hydroxylation sites is 1. The number of fused-ring (bicyclic) bond motifs is 1. The van der Waals surface area contributed by atoms with Crippen LogP contribution < -0.4 is 5.69 Å². The molecule has 1 aromatic carbocycles. The third-order valence-electron chi connectivity index (χ3n) is 6.43. The van der Waals surface area contributed by atoms with Gasteiger partial charge >= 0.3 is 5.69 Å². The molecule has 148 valence electrons. The van der Waals surface area contributed by atoms with Crippen LogP contribution in [0.5, 0.6) is 0 Å². The monoisotopic (exact) mass is 371 g/mol. The minimum atomic E-state index is 0.0455. The molecule has 1 aromatic heterocycles. The fourth-order valence-corrected chi connectivity index (χ4v) is 5.15. The van der Waals surface area contributed by atoms with Crippen LogP contribution in [0.1, 0.15) is 64.0 Å². The summed E-state index contributed by atoms with van der Waals surface area (Å²) in [5.74, 6) is 0. The number of nitrogens with zero attached hydrogens (tertiary/aromatic N) is 2. The van der Waals surface area contributed by atoms with E-state index in [1.54, 1.807) is 0 Å². The number of aryl methyl sites for hydroxylation is 1. The highest BCUT2D eigenvalue weighted by Crippen LogP contribution is 2.31. The molecule has 1 saturated carbocycles. The minimum absolute atomic E-state index is 0.0455. The zero-order valence-electron chi connectivity index (χ0n) is 16.9. The van der Waals surface area contributed by atoms with Crippen molar-refractivity contribution >= 4 is 11.0 Å². The molecule has 0 atom stereocenters. The maximum absolute atomic E-state index is 12.6. The van der Waals surface area contributed by atoms with Crippen LogP contribution in [-0.2, 0) is 4.74 Å². The number of benzene rings is 1. The fraction of sp³-hybridized carbons (Fsp3) is 0.682. The second kappa shape index (κ2) is 7.80. The van der Waals surface area contributed by atoms with E-state index in [1.807, 2.05) is 16.7 Å². The zero-order valence-corrected chi connectivity index (χ0v) is 16.9. The van der Waals surface area contributed by atoms with Gasteiger partial charge in [0.05, 0.1) is 23.2 Å². The predicted molar refractivity (Wildman–Crippen MR) is 109 cm³/mol. The van der Waals surface area contributed by atoms with Gasteiger partial charge in [0, 0.05) is 25.2 Å². The number of piperidine rings is 1. The number of aromatic amines is 1. The molecule has 1 aliphatic carbocycles. The molecule has 0 bridgehead atoms. The highest BCUT2D eigenvalue weighted by Gasteiger charge is 2.31. The molecular weight excluding hydrogens is 338 g/mol. The summed E-state index contributed by atoms with van der Waals surface area (Å²) in [6.45, 7) is 8.54. The van der Waals surface area contributed by atoms with Crippen molar-refractivity contribution < 1.29 is 4.74 Å². The van der Waals surface area contributed by atoms with Crippen molar-refractivity contribution in [1.82, 2.24) is 14.5 Å². The van der Waals surface area contributed by atoms with Crippen molar-refractivity contribution in [2.75, 3.05) is 13.1 Å². The lowest BCUT2D eigenvalue weighted by atomic mass is 9.90. The second-order valence-corrected chi connectivity index (χ2v) is 8.65. The first-order chi connectivity index (χ1) is 13.0. The molecular formula is C22H33N3O2. The van der Waals surface area contributed by atoms with Crippen molar-refractivity contribution in [3.05, 3.63) is 34.2 Å². The smallest absolute Gasteiger partial charge is 0.326 e. The summed E-state index contributed by atoms with van der Waals surface area (Å²) in [5, 5.41) is 0. The van der Waals surface area contributed by atoms with Gasteiger partial charge in [-0.2, -0.15) is 0 Å². The normalized spacial score (nSPS) is 25.5. The van der Waals surface area contributed by atoms with Gasteiger partial charge in [0.2, 0.25) is 0 Å². The molecule has 0 unspecified atom stereocenters. The Labute approximate surface area is 161 Å². The van der Waals surface area contributed by atoms with Gasteiger partial charge in [-0.3, -0.25) is 4.57 Å². The molecule has 1 saturated heterocycles. The molecule has 0 spiro atoms. The zero-order chi connectivity index (χ0) is 19.0. The molecule has 0 amide bonds. The van der Waals surface area contributed by atoms with E-state index in [0.29, 0.717) is 24.3 Å². The lowest BCUT2D eigenvalue weighted by molar-refractivity contribution is -0.0289. The van der Waals surface area contributed by atoms with E-state index < -0.39 is 0 Å². The SMILES string of the molecule is Cc1cccc2[nH]c(=O)n(C3CCN(C4CCC(OC(C)C)CC4)CC3)c12. The van der Waals surface area contributed by atoms with Crippen LogP contribution in [0.4, 0.5) is 0 Å². The summed E-state index contributed by atoms with van der Waals surface area (Å²) >= 11 is 0. The van der Waals surface area contributed by atoms with Crippen LogP contribution in [0.3, 0.4) is 0 Å². The molecule has 2 fully saturated rings. The van der Waals surface area contributed by atoms with Gasteiger partial charge in [-0.15, -0.1) is 0 Å².